The van der Waals surface area contributed by atoms with Gasteiger partial charge in [-0.2, -0.15) is 0 Å². The smallest absolute Gasteiger partial charge is 0.136 e. The fraction of sp³-hybridized carbons (Fsp3) is 0.500. The summed E-state index contributed by atoms with van der Waals surface area (Å²) in [6.45, 7) is 2.18. The van der Waals surface area contributed by atoms with E-state index in [2.05, 4.69) is 19.1 Å². The van der Waals surface area contributed by atoms with E-state index < -0.39 is 0 Å². The van der Waals surface area contributed by atoms with E-state index in [1.807, 2.05) is 18.2 Å². The molecule has 0 bridgehead atoms. The van der Waals surface area contributed by atoms with Crippen molar-refractivity contribution in [3.05, 3.63) is 35.9 Å². The molecule has 15 heavy (non-hydrogen) atoms. The van der Waals surface area contributed by atoms with Crippen LogP contribution in [0.4, 0.5) is 0 Å². The Morgan fingerprint density at radius 1 is 1.20 bits per heavy atom. The van der Waals surface area contributed by atoms with E-state index in [9.17, 15) is 4.79 Å². The molecule has 2 rings (SSSR count). The second-order valence-corrected chi connectivity index (χ2v) is 4.74. The zero-order valence-corrected chi connectivity index (χ0v) is 9.28. The molecule has 0 aromatic heterocycles. The van der Waals surface area contributed by atoms with Gasteiger partial charge in [0, 0.05) is 12.3 Å². The van der Waals surface area contributed by atoms with Crippen molar-refractivity contribution in [3.8, 4) is 0 Å². The minimum Gasteiger partial charge on any atom is -0.299 e. The van der Waals surface area contributed by atoms with Crippen molar-refractivity contribution in [2.75, 3.05) is 0 Å². The van der Waals surface area contributed by atoms with Crippen LogP contribution in [0.15, 0.2) is 30.3 Å². The monoisotopic (exact) mass is 202 g/mol. The maximum atomic E-state index is 11.8. The summed E-state index contributed by atoms with van der Waals surface area (Å²) in [5.41, 5.74) is 1.30. The van der Waals surface area contributed by atoms with Gasteiger partial charge in [0.2, 0.25) is 0 Å². The number of benzene rings is 1. The Morgan fingerprint density at radius 2 is 1.93 bits per heavy atom. The molecule has 1 fully saturated rings. The Hall–Kier alpha value is -1.11. The third-order valence-electron chi connectivity index (χ3n) is 3.34. The molecular formula is C14H18O. The summed E-state index contributed by atoms with van der Waals surface area (Å²) >= 11 is 0. The fourth-order valence-electron chi connectivity index (χ4n) is 2.37. The molecule has 1 saturated carbocycles. The number of carbonyl (C=O) groups is 1. The van der Waals surface area contributed by atoms with E-state index in [4.69, 9.17) is 0 Å². The van der Waals surface area contributed by atoms with E-state index >= 15 is 0 Å². The predicted molar refractivity (Wildman–Crippen MR) is 61.7 cm³/mol. The zero-order chi connectivity index (χ0) is 10.7. The lowest BCUT2D eigenvalue weighted by atomic mass is 9.79. The lowest BCUT2D eigenvalue weighted by Gasteiger charge is -2.24. The van der Waals surface area contributed by atoms with E-state index in [0.717, 1.165) is 19.3 Å². The summed E-state index contributed by atoms with van der Waals surface area (Å²) in [5.74, 6) is 1.35. The summed E-state index contributed by atoms with van der Waals surface area (Å²) in [6.07, 6.45) is 4.02. The van der Waals surface area contributed by atoms with Crippen LogP contribution in [-0.4, -0.2) is 5.78 Å². The van der Waals surface area contributed by atoms with Crippen LogP contribution < -0.4 is 0 Å². The molecule has 1 aromatic rings. The van der Waals surface area contributed by atoms with Gasteiger partial charge in [0.05, 0.1) is 0 Å². The first kappa shape index (κ1) is 10.4. The highest BCUT2D eigenvalue weighted by molar-refractivity contribution is 5.82. The maximum absolute atomic E-state index is 11.8. The molecule has 0 amide bonds. The summed E-state index contributed by atoms with van der Waals surface area (Å²) in [4.78, 5) is 11.8. The van der Waals surface area contributed by atoms with Crippen LogP contribution in [0, 0.1) is 11.8 Å². The summed E-state index contributed by atoms with van der Waals surface area (Å²) in [5, 5.41) is 0. The summed E-state index contributed by atoms with van der Waals surface area (Å²) in [7, 11) is 0. The van der Waals surface area contributed by atoms with Gasteiger partial charge in [-0.15, -0.1) is 0 Å². The Morgan fingerprint density at radius 3 is 2.60 bits per heavy atom. The Kier molecular flexibility index (Phi) is 3.20. The topological polar surface area (TPSA) is 17.1 Å². The minimum absolute atomic E-state index is 0.281. The van der Waals surface area contributed by atoms with Crippen molar-refractivity contribution < 1.29 is 4.79 Å². The Balaban J connectivity index is 1.98. The lowest BCUT2D eigenvalue weighted by molar-refractivity contribution is -0.125. The number of ketones is 1. The maximum Gasteiger partial charge on any atom is 0.136 e. The third-order valence-corrected chi connectivity index (χ3v) is 3.34. The fourth-order valence-corrected chi connectivity index (χ4v) is 2.37. The normalized spacial score (nSPS) is 26.6. The molecule has 80 valence electrons. The molecule has 0 unspecified atom stereocenters. The van der Waals surface area contributed by atoms with Crippen LogP contribution in [0.1, 0.15) is 31.7 Å². The second-order valence-electron chi connectivity index (χ2n) is 4.74. The van der Waals surface area contributed by atoms with Gasteiger partial charge in [-0.3, -0.25) is 4.79 Å². The SMILES string of the molecule is C[C@@H]1CC[C@@H](Cc2ccccc2)C(=O)C1. The van der Waals surface area contributed by atoms with Crippen LogP contribution in [-0.2, 0) is 11.2 Å². The van der Waals surface area contributed by atoms with Crippen molar-refractivity contribution >= 4 is 5.78 Å². The van der Waals surface area contributed by atoms with Crippen LogP contribution >= 0.6 is 0 Å². The average Bonchev–Trinajstić information content (AvgIpc) is 2.24. The molecule has 0 spiro atoms. The zero-order valence-electron chi connectivity index (χ0n) is 9.28. The third kappa shape index (κ3) is 2.68. The molecule has 0 saturated heterocycles. The van der Waals surface area contributed by atoms with E-state index in [1.54, 1.807) is 0 Å². The van der Waals surface area contributed by atoms with E-state index in [0.29, 0.717) is 11.7 Å². The standard InChI is InChI=1S/C14H18O/c1-11-7-8-13(14(15)9-11)10-12-5-3-2-4-6-12/h2-6,11,13H,7-10H2,1H3/t11-,13+/m1/s1. The van der Waals surface area contributed by atoms with Gasteiger partial charge in [0.1, 0.15) is 5.78 Å². The quantitative estimate of drug-likeness (QED) is 0.719. The molecule has 0 N–H and O–H groups in total. The highest BCUT2D eigenvalue weighted by Gasteiger charge is 2.25. The van der Waals surface area contributed by atoms with Gasteiger partial charge in [0.15, 0.2) is 0 Å². The molecule has 1 heteroatoms. The van der Waals surface area contributed by atoms with Crippen molar-refractivity contribution in [2.45, 2.75) is 32.6 Å². The highest BCUT2D eigenvalue weighted by Crippen LogP contribution is 2.27. The molecule has 1 aromatic carbocycles. The molecule has 0 radical (unpaired) electrons. The van der Waals surface area contributed by atoms with Gasteiger partial charge in [-0.25, -0.2) is 0 Å². The number of hydrogen-bond acceptors (Lipinski definition) is 1. The number of rotatable bonds is 2. The number of Topliss-reactive ketones (excluding diaryl/α,β-unsaturated/α-hetero) is 1. The first-order valence-corrected chi connectivity index (χ1v) is 5.82. The predicted octanol–water partition coefficient (Wildman–Crippen LogP) is 3.23. The second kappa shape index (κ2) is 4.61. The molecule has 0 heterocycles. The summed E-state index contributed by atoms with van der Waals surface area (Å²) in [6, 6.07) is 10.3. The van der Waals surface area contributed by atoms with Gasteiger partial charge in [-0.05, 0) is 30.7 Å². The van der Waals surface area contributed by atoms with Crippen LogP contribution in [0.5, 0.6) is 0 Å². The van der Waals surface area contributed by atoms with Crippen molar-refractivity contribution in [2.24, 2.45) is 11.8 Å². The van der Waals surface area contributed by atoms with Crippen LogP contribution in [0.3, 0.4) is 0 Å². The van der Waals surface area contributed by atoms with Gasteiger partial charge >= 0.3 is 0 Å². The molecule has 1 aliphatic rings. The highest BCUT2D eigenvalue weighted by atomic mass is 16.1. The largest absolute Gasteiger partial charge is 0.299 e. The molecule has 1 nitrogen and oxygen atoms in total. The number of carbonyl (C=O) groups excluding carboxylic acids is 1. The molecule has 1 aliphatic carbocycles. The first-order valence-electron chi connectivity index (χ1n) is 5.82. The lowest BCUT2D eigenvalue weighted by Crippen LogP contribution is -2.25. The number of hydrogen-bond donors (Lipinski definition) is 0. The molecular weight excluding hydrogens is 184 g/mol. The van der Waals surface area contributed by atoms with Crippen LogP contribution in [0.2, 0.25) is 0 Å². The van der Waals surface area contributed by atoms with Gasteiger partial charge < -0.3 is 0 Å². The van der Waals surface area contributed by atoms with Crippen molar-refractivity contribution in [3.63, 3.8) is 0 Å². The van der Waals surface area contributed by atoms with E-state index in [-0.39, 0.29) is 5.92 Å². The molecule has 2 atom stereocenters. The van der Waals surface area contributed by atoms with Gasteiger partial charge in [0.25, 0.3) is 0 Å². The Labute approximate surface area is 91.5 Å². The average molecular weight is 202 g/mol. The van der Waals surface area contributed by atoms with Crippen molar-refractivity contribution in [1.29, 1.82) is 0 Å². The first-order chi connectivity index (χ1) is 7.25. The van der Waals surface area contributed by atoms with Crippen LogP contribution in [0.25, 0.3) is 0 Å². The van der Waals surface area contributed by atoms with E-state index in [1.165, 1.54) is 12.0 Å². The minimum atomic E-state index is 0.281. The Bertz CT molecular complexity index is 328. The molecule has 0 aliphatic heterocycles. The van der Waals surface area contributed by atoms with Crippen molar-refractivity contribution in [1.82, 2.24) is 0 Å². The van der Waals surface area contributed by atoms with Gasteiger partial charge in [-0.1, -0.05) is 37.3 Å². The summed E-state index contributed by atoms with van der Waals surface area (Å²) < 4.78 is 0.